The number of amides is 1. The van der Waals surface area contributed by atoms with E-state index in [1.165, 1.54) is 6.07 Å². The van der Waals surface area contributed by atoms with Crippen LogP contribution in [0.3, 0.4) is 0 Å². The molecule has 1 aromatic rings. The maximum atomic E-state index is 12.3. The van der Waals surface area contributed by atoms with Crippen molar-refractivity contribution in [2.24, 2.45) is 0 Å². The molecule has 102 valence electrons. The number of benzene rings is 1. The van der Waals surface area contributed by atoms with Gasteiger partial charge in [-0.25, -0.2) is 4.79 Å². The minimum Gasteiger partial charge on any atom is -0.478 e. The van der Waals surface area contributed by atoms with Gasteiger partial charge in [0.05, 0.1) is 12.0 Å². The summed E-state index contributed by atoms with van der Waals surface area (Å²) in [7, 11) is 0. The third kappa shape index (κ3) is 2.95. The molecule has 19 heavy (non-hydrogen) atoms. The smallest absolute Gasteiger partial charge is 0.335 e. The fourth-order valence-electron chi connectivity index (χ4n) is 2.65. The lowest BCUT2D eigenvalue weighted by Gasteiger charge is -2.31. The number of hydrogen-bond donors (Lipinski definition) is 1. The number of nitrogens with zero attached hydrogens (tertiary/aromatic N) is 1. The second-order valence-corrected chi connectivity index (χ2v) is 5.64. The molecule has 1 aromatic carbocycles. The van der Waals surface area contributed by atoms with Crippen LogP contribution in [0.1, 0.15) is 42.6 Å². The molecule has 0 saturated carbocycles. The first-order chi connectivity index (χ1) is 8.90. The Morgan fingerprint density at radius 1 is 1.37 bits per heavy atom. The number of carbonyl (C=O) groups excluding carboxylic acids is 1. The molecule has 0 atom stereocenters. The van der Waals surface area contributed by atoms with E-state index in [4.69, 9.17) is 5.11 Å². The van der Waals surface area contributed by atoms with Gasteiger partial charge in [-0.05, 0) is 44.4 Å². The first-order valence-corrected chi connectivity index (χ1v) is 6.53. The Kier molecular flexibility index (Phi) is 3.60. The van der Waals surface area contributed by atoms with Crippen molar-refractivity contribution in [1.82, 2.24) is 4.90 Å². The van der Waals surface area contributed by atoms with Crippen molar-refractivity contribution in [3.8, 4) is 0 Å². The zero-order valence-electron chi connectivity index (χ0n) is 11.3. The molecule has 1 N–H and O–H groups in total. The zero-order chi connectivity index (χ0) is 14.0. The molecule has 1 saturated heterocycles. The quantitative estimate of drug-likeness (QED) is 0.908. The summed E-state index contributed by atoms with van der Waals surface area (Å²) in [6, 6.07) is 6.59. The number of rotatable bonds is 3. The van der Waals surface area contributed by atoms with Crippen LogP contribution >= 0.6 is 0 Å². The van der Waals surface area contributed by atoms with E-state index in [1.54, 1.807) is 18.2 Å². The Bertz CT molecular complexity index is 508. The zero-order valence-corrected chi connectivity index (χ0v) is 11.3. The van der Waals surface area contributed by atoms with Gasteiger partial charge in [-0.15, -0.1) is 0 Å². The van der Waals surface area contributed by atoms with E-state index in [0.717, 1.165) is 24.9 Å². The minimum atomic E-state index is -0.962. The second kappa shape index (κ2) is 5.03. The number of carbonyl (C=O) groups is 2. The first-order valence-electron chi connectivity index (χ1n) is 6.53. The topological polar surface area (TPSA) is 57.6 Å². The molecular formula is C15H19NO3. The molecule has 4 nitrogen and oxygen atoms in total. The molecule has 2 rings (SSSR count). The van der Waals surface area contributed by atoms with Crippen molar-refractivity contribution in [3.63, 3.8) is 0 Å². The molecular weight excluding hydrogens is 242 g/mol. The largest absolute Gasteiger partial charge is 0.478 e. The molecule has 0 unspecified atom stereocenters. The third-order valence-electron chi connectivity index (χ3n) is 3.73. The highest BCUT2D eigenvalue weighted by molar-refractivity contribution is 5.88. The highest BCUT2D eigenvalue weighted by atomic mass is 16.4. The van der Waals surface area contributed by atoms with E-state index >= 15 is 0 Å². The van der Waals surface area contributed by atoms with Gasteiger partial charge in [0.1, 0.15) is 0 Å². The Morgan fingerprint density at radius 3 is 2.68 bits per heavy atom. The van der Waals surface area contributed by atoms with Crippen LogP contribution in [0.15, 0.2) is 24.3 Å². The fraction of sp³-hybridized carbons (Fsp3) is 0.467. The summed E-state index contributed by atoms with van der Waals surface area (Å²) >= 11 is 0. The number of likely N-dealkylation sites (tertiary alicyclic amines) is 1. The average molecular weight is 261 g/mol. The molecule has 1 aliphatic rings. The van der Waals surface area contributed by atoms with Crippen LogP contribution in [0, 0.1) is 0 Å². The molecule has 0 spiro atoms. The molecule has 0 bridgehead atoms. The Balaban J connectivity index is 2.11. The molecule has 1 aliphatic heterocycles. The van der Waals surface area contributed by atoms with Crippen LogP contribution in [0.5, 0.6) is 0 Å². The molecule has 0 aliphatic carbocycles. The van der Waals surface area contributed by atoms with E-state index in [9.17, 15) is 9.59 Å². The number of aromatic carboxylic acids is 1. The molecule has 0 radical (unpaired) electrons. The maximum absolute atomic E-state index is 12.3. The monoisotopic (exact) mass is 261 g/mol. The predicted octanol–water partition coefficient (Wildman–Crippen LogP) is 2.33. The Labute approximate surface area is 113 Å². The van der Waals surface area contributed by atoms with Crippen LogP contribution in [0.4, 0.5) is 0 Å². The average Bonchev–Trinajstić information content (AvgIpc) is 2.69. The van der Waals surface area contributed by atoms with Gasteiger partial charge in [0.25, 0.3) is 0 Å². The summed E-state index contributed by atoms with van der Waals surface area (Å²) in [6.07, 6.45) is 2.33. The molecule has 1 fully saturated rings. The van der Waals surface area contributed by atoms with Gasteiger partial charge in [0.15, 0.2) is 0 Å². The van der Waals surface area contributed by atoms with Gasteiger partial charge < -0.3 is 10.0 Å². The summed E-state index contributed by atoms with van der Waals surface area (Å²) in [5.41, 5.74) is 0.903. The van der Waals surface area contributed by atoms with E-state index in [-0.39, 0.29) is 23.4 Å². The normalized spacial score (nSPS) is 17.5. The van der Waals surface area contributed by atoms with Gasteiger partial charge in [0.2, 0.25) is 5.91 Å². The summed E-state index contributed by atoms with van der Waals surface area (Å²) in [5, 5.41) is 8.94. The lowest BCUT2D eigenvalue weighted by Crippen LogP contribution is -2.43. The molecule has 4 heteroatoms. The molecule has 1 heterocycles. The van der Waals surface area contributed by atoms with Crippen LogP contribution in [0.2, 0.25) is 0 Å². The van der Waals surface area contributed by atoms with E-state index < -0.39 is 5.97 Å². The second-order valence-electron chi connectivity index (χ2n) is 5.64. The van der Waals surface area contributed by atoms with Crippen molar-refractivity contribution < 1.29 is 14.7 Å². The van der Waals surface area contributed by atoms with Crippen molar-refractivity contribution in [1.29, 1.82) is 0 Å². The van der Waals surface area contributed by atoms with E-state index in [0.29, 0.717) is 0 Å². The standard InChI is InChI=1S/C15H19NO3/c1-15(2)7-4-8-16(15)13(17)10-11-5-3-6-12(9-11)14(18)19/h3,5-6,9H,4,7-8,10H2,1-2H3,(H,18,19). The van der Waals surface area contributed by atoms with E-state index in [2.05, 4.69) is 13.8 Å². The predicted molar refractivity (Wildman–Crippen MR) is 72.1 cm³/mol. The van der Waals surface area contributed by atoms with Crippen LogP contribution < -0.4 is 0 Å². The lowest BCUT2D eigenvalue weighted by molar-refractivity contribution is -0.133. The van der Waals surface area contributed by atoms with E-state index in [1.807, 2.05) is 4.90 Å². The van der Waals surface area contributed by atoms with Crippen molar-refractivity contribution >= 4 is 11.9 Å². The minimum absolute atomic E-state index is 0.0741. The SMILES string of the molecule is CC1(C)CCCN1C(=O)Cc1cccc(C(=O)O)c1. The van der Waals surface area contributed by atoms with Crippen LogP contribution in [-0.4, -0.2) is 34.0 Å². The van der Waals surface area contributed by atoms with Crippen LogP contribution in [-0.2, 0) is 11.2 Å². The first kappa shape index (κ1) is 13.6. The van der Waals surface area contributed by atoms with Crippen molar-refractivity contribution in [3.05, 3.63) is 35.4 Å². The summed E-state index contributed by atoms with van der Waals surface area (Å²) in [4.78, 5) is 25.1. The van der Waals surface area contributed by atoms with Gasteiger partial charge in [-0.1, -0.05) is 12.1 Å². The maximum Gasteiger partial charge on any atom is 0.335 e. The summed E-state index contributed by atoms with van der Waals surface area (Å²) in [6.45, 7) is 4.95. The molecule has 0 aromatic heterocycles. The van der Waals surface area contributed by atoms with Gasteiger partial charge in [0, 0.05) is 12.1 Å². The van der Waals surface area contributed by atoms with Crippen LogP contribution in [0.25, 0.3) is 0 Å². The highest BCUT2D eigenvalue weighted by Gasteiger charge is 2.34. The third-order valence-corrected chi connectivity index (χ3v) is 3.73. The number of carboxylic acid groups (broad SMARTS) is 1. The summed E-state index contributed by atoms with van der Waals surface area (Å²) in [5.74, 6) is -0.888. The Morgan fingerprint density at radius 2 is 2.11 bits per heavy atom. The number of hydrogen-bond acceptors (Lipinski definition) is 2. The number of carboxylic acids is 1. The Hall–Kier alpha value is -1.84. The van der Waals surface area contributed by atoms with Crippen molar-refractivity contribution in [2.75, 3.05) is 6.54 Å². The summed E-state index contributed by atoms with van der Waals surface area (Å²) < 4.78 is 0. The lowest BCUT2D eigenvalue weighted by atomic mass is 10.0. The fourth-order valence-corrected chi connectivity index (χ4v) is 2.65. The highest BCUT2D eigenvalue weighted by Crippen LogP contribution is 2.28. The van der Waals surface area contributed by atoms with Crippen molar-refractivity contribution in [2.45, 2.75) is 38.6 Å². The van der Waals surface area contributed by atoms with Gasteiger partial charge in [-0.3, -0.25) is 4.79 Å². The van der Waals surface area contributed by atoms with Gasteiger partial charge in [-0.2, -0.15) is 0 Å². The molecule has 1 amide bonds. The van der Waals surface area contributed by atoms with Gasteiger partial charge >= 0.3 is 5.97 Å².